The molecule has 2 aromatic heterocycles. The van der Waals surface area contributed by atoms with Gasteiger partial charge >= 0.3 is 0 Å². The quantitative estimate of drug-likeness (QED) is 0.349. The SMILES string of the molecule is CCN(C(=O)c1cc2cc(F)ccc2[nH]1)[C@@H]1CC=C(NCc2oc3ccccc3c2C)CCC1. The van der Waals surface area contributed by atoms with E-state index < -0.39 is 0 Å². The van der Waals surface area contributed by atoms with E-state index in [0.29, 0.717) is 24.2 Å². The molecule has 1 aliphatic rings. The molecule has 176 valence electrons. The van der Waals surface area contributed by atoms with Gasteiger partial charge in [0.1, 0.15) is 22.9 Å². The summed E-state index contributed by atoms with van der Waals surface area (Å²) in [5.41, 5.74) is 4.58. The van der Waals surface area contributed by atoms with E-state index >= 15 is 0 Å². The Morgan fingerprint density at radius 1 is 1.24 bits per heavy atom. The first-order valence-electron chi connectivity index (χ1n) is 12.0. The molecule has 0 saturated heterocycles. The predicted molar refractivity (Wildman–Crippen MR) is 133 cm³/mol. The molecule has 2 heterocycles. The predicted octanol–water partition coefficient (Wildman–Crippen LogP) is 6.44. The number of H-pyrrole nitrogens is 1. The van der Waals surface area contributed by atoms with Crippen molar-refractivity contribution in [2.45, 2.75) is 52.1 Å². The maximum Gasteiger partial charge on any atom is 0.270 e. The molecule has 2 N–H and O–H groups in total. The van der Waals surface area contributed by atoms with Crippen LogP contribution < -0.4 is 5.32 Å². The molecule has 5 rings (SSSR count). The first-order chi connectivity index (χ1) is 16.5. The molecular formula is C28H30FN3O2. The highest BCUT2D eigenvalue weighted by Gasteiger charge is 2.25. The van der Waals surface area contributed by atoms with Gasteiger partial charge in [0, 0.05) is 40.1 Å². The molecule has 0 aliphatic heterocycles. The van der Waals surface area contributed by atoms with Crippen molar-refractivity contribution in [2.24, 2.45) is 0 Å². The first kappa shape index (κ1) is 22.3. The molecule has 0 unspecified atom stereocenters. The van der Waals surface area contributed by atoms with Crippen molar-refractivity contribution >= 4 is 27.8 Å². The number of allylic oxidation sites excluding steroid dienone is 1. The Bertz CT molecular complexity index is 1370. The number of carbonyl (C=O) groups excluding carboxylic acids is 1. The molecule has 0 bridgehead atoms. The highest BCUT2D eigenvalue weighted by atomic mass is 19.1. The van der Waals surface area contributed by atoms with E-state index in [0.717, 1.165) is 47.9 Å². The summed E-state index contributed by atoms with van der Waals surface area (Å²) < 4.78 is 19.6. The Balaban J connectivity index is 1.27. The van der Waals surface area contributed by atoms with Crippen molar-refractivity contribution in [3.05, 3.63) is 83.1 Å². The molecule has 0 fully saturated rings. The molecule has 1 aliphatic carbocycles. The monoisotopic (exact) mass is 459 g/mol. The van der Waals surface area contributed by atoms with Gasteiger partial charge in [-0.3, -0.25) is 4.79 Å². The molecule has 6 heteroatoms. The second kappa shape index (κ2) is 9.37. The van der Waals surface area contributed by atoms with Gasteiger partial charge in [0.15, 0.2) is 0 Å². The van der Waals surface area contributed by atoms with Gasteiger partial charge in [0.25, 0.3) is 5.91 Å². The lowest BCUT2D eigenvalue weighted by molar-refractivity contribution is 0.0677. The summed E-state index contributed by atoms with van der Waals surface area (Å²) in [6.07, 6.45) is 5.93. The third-order valence-electron chi connectivity index (χ3n) is 6.89. The molecule has 0 radical (unpaired) electrons. The van der Waals surface area contributed by atoms with Crippen LogP contribution in [-0.2, 0) is 6.54 Å². The number of fused-ring (bicyclic) bond motifs is 2. The van der Waals surface area contributed by atoms with Crippen LogP contribution in [0.1, 0.15) is 54.4 Å². The molecular weight excluding hydrogens is 429 g/mol. The number of benzene rings is 2. The van der Waals surface area contributed by atoms with Gasteiger partial charge in [-0.25, -0.2) is 4.39 Å². The number of aromatic amines is 1. The third-order valence-corrected chi connectivity index (χ3v) is 6.89. The van der Waals surface area contributed by atoms with Gasteiger partial charge in [-0.2, -0.15) is 0 Å². The standard InChI is InChI=1S/C28H30FN3O2/c1-3-32(28(33)25-16-19-15-20(29)11-14-24(19)31-25)22-8-6-7-21(12-13-22)30-17-27-18(2)23-9-4-5-10-26(23)34-27/h4-5,9-12,14-16,22,30-31H,3,6-8,13,17H2,1-2H3/t22-/m0/s1. The first-order valence-corrected chi connectivity index (χ1v) is 12.0. The van der Waals surface area contributed by atoms with Gasteiger partial charge in [0.2, 0.25) is 0 Å². The van der Waals surface area contributed by atoms with Crippen molar-refractivity contribution in [3.8, 4) is 0 Å². The van der Waals surface area contributed by atoms with E-state index in [1.807, 2.05) is 30.0 Å². The van der Waals surface area contributed by atoms with Gasteiger partial charge in [0.05, 0.1) is 6.54 Å². The van der Waals surface area contributed by atoms with Crippen LogP contribution >= 0.6 is 0 Å². The molecule has 5 nitrogen and oxygen atoms in total. The minimum atomic E-state index is -0.301. The third kappa shape index (κ3) is 4.32. The zero-order valence-electron chi connectivity index (χ0n) is 19.7. The number of aryl methyl sites for hydroxylation is 1. The molecule has 2 aromatic carbocycles. The molecule has 0 spiro atoms. The Labute approximate surface area is 198 Å². The highest BCUT2D eigenvalue weighted by Crippen LogP contribution is 2.27. The van der Waals surface area contributed by atoms with Crippen LogP contribution in [0.2, 0.25) is 0 Å². The summed E-state index contributed by atoms with van der Waals surface area (Å²) in [5, 5.41) is 5.44. The fourth-order valence-electron chi connectivity index (χ4n) is 5.00. The lowest BCUT2D eigenvalue weighted by Crippen LogP contribution is -2.40. The smallest absolute Gasteiger partial charge is 0.270 e. The van der Waals surface area contributed by atoms with Crippen molar-refractivity contribution in [3.63, 3.8) is 0 Å². The zero-order valence-corrected chi connectivity index (χ0v) is 19.7. The number of halogens is 1. The summed E-state index contributed by atoms with van der Waals surface area (Å²) in [6.45, 7) is 5.39. The molecule has 1 amide bonds. The largest absolute Gasteiger partial charge is 0.459 e. The van der Waals surface area contributed by atoms with Crippen molar-refractivity contribution in [1.29, 1.82) is 0 Å². The van der Waals surface area contributed by atoms with Gasteiger partial charge < -0.3 is 19.6 Å². The Morgan fingerprint density at radius 3 is 2.91 bits per heavy atom. The summed E-state index contributed by atoms with van der Waals surface area (Å²) >= 11 is 0. The van der Waals surface area contributed by atoms with E-state index in [4.69, 9.17) is 4.42 Å². The molecule has 4 aromatic rings. The maximum absolute atomic E-state index is 13.6. The number of nitrogens with one attached hydrogen (secondary N) is 2. The van der Waals surface area contributed by atoms with E-state index in [-0.39, 0.29) is 17.8 Å². The number of furan rings is 1. The lowest BCUT2D eigenvalue weighted by atomic mass is 10.1. The van der Waals surface area contributed by atoms with E-state index in [9.17, 15) is 9.18 Å². The Morgan fingerprint density at radius 2 is 2.09 bits per heavy atom. The number of hydrogen-bond acceptors (Lipinski definition) is 3. The number of hydrogen-bond donors (Lipinski definition) is 2. The Hall–Kier alpha value is -3.54. The number of para-hydroxylation sites is 1. The van der Waals surface area contributed by atoms with Crippen molar-refractivity contribution < 1.29 is 13.6 Å². The van der Waals surface area contributed by atoms with Gasteiger partial charge in [-0.05, 0) is 69.9 Å². The minimum absolute atomic E-state index is 0.0354. The van der Waals surface area contributed by atoms with E-state index in [1.165, 1.54) is 23.4 Å². The van der Waals surface area contributed by atoms with Crippen LogP contribution in [0.3, 0.4) is 0 Å². The fraction of sp³-hybridized carbons (Fsp3) is 0.321. The average Bonchev–Trinajstić information content (AvgIpc) is 3.31. The van der Waals surface area contributed by atoms with Gasteiger partial charge in [-0.15, -0.1) is 0 Å². The summed E-state index contributed by atoms with van der Waals surface area (Å²) in [4.78, 5) is 18.4. The summed E-state index contributed by atoms with van der Waals surface area (Å²) in [5.74, 6) is 0.625. The average molecular weight is 460 g/mol. The van der Waals surface area contributed by atoms with Crippen molar-refractivity contribution in [1.82, 2.24) is 15.2 Å². The van der Waals surface area contributed by atoms with Crippen LogP contribution in [0.4, 0.5) is 4.39 Å². The Kier molecular flexibility index (Phi) is 6.14. The summed E-state index contributed by atoms with van der Waals surface area (Å²) in [6, 6.07) is 14.5. The molecule has 0 saturated carbocycles. The van der Waals surface area contributed by atoms with Crippen LogP contribution in [0.25, 0.3) is 21.9 Å². The lowest BCUT2D eigenvalue weighted by Gasteiger charge is -2.29. The topological polar surface area (TPSA) is 61.3 Å². The van der Waals surface area contributed by atoms with Gasteiger partial charge in [-0.1, -0.05) is 24.3 Å². The molecule has 1 atom stereocenters. The van der Waals surface area contributed by atoms with Crippen LogP contribution in [0.5, 0.6) is 0 Å². The minimum Gasteiger partial charge on any atom is -0.459 e. The summed E-state index contributed by atoms with van der Waals surface area (Å²) in [7, 11) is 0. The number of aromatic nitrogens is 1. The van der Waals surface area contributed by atoms with Crippen LogP contribution in [-0.4, -0.2) is 28.4 Å². The second-order valence-electron chi connectivity index (χ2n) is 9.02. The highest BCUT2D eigenvalue weighted by molar-refractivity contribution is 5.98. The number of rotatable bonds is 6. The maximum atomic E-state index is 13.6. The number of nitrogens with zero attached hydrogens (tertiary/aromatic N) is 1. The number of carbonyl (C=O) groups is 1. The van der Waals surface area contributed by atoms with Crippen molar-refractivity contribution in [2.75, 3.05) is 6.54 Å². The normalized spacial score (nSPS) is 16.4. The van der Waals surface area contributed by atoms with Crippen LogP contribution in [0.15, 0.2) is 64.7 Å². The number of amides is 1. The van der Waals surface area contributed by atoms with E-state index in [1.54, 1.807) is 12.1 Å². The van der Waals surface area contributed by atoms with Crippen LogP contribution in [0, 0.1) is 12.7 Å². The van der Waals surface area contributed by atoms with E-state index in [2.05, 4.69) is 29.4 Å². The molecule has 34 heavy (non-hydrogen) atoms. The zero-order chi connectivity index (χ0) is 23.7. The second-order valence-corrected chi connectivity index (χ2v) is 9.02. The fourth-order valence-corrected chi connectivity index (χ4v) is 5.00.